The van der Waals surface area contributed by atoms with Crippen molar-refractivity contribution >= 4 is 17.6 Å². The number of rotatable bonds is 2. The Kier molecular flexibility index (Phi) is 2.07. The van der Waals surface area contributed by atoms with Crippen molar-refractivity contribution in [3.63, 3.8) is 0 Å². The van der Waals surface area contributed by atoms with Crippen LogP contribution >= 0.6 is 0 Å². The number of aliphatic carboxylic acids is 1. The van der Waals surface area contributed by atoms with Gasteiger partial charge in [-0.05, 0) is 6.07 Å². The molecule has 0 atom stereocenters. The largest absolute Gasteiger partial charge is 0.478 e. The number of hydrogen-bond donors (Lipinski definition) is 2. The van der Waals surface area contributed by atoms with Crippen LogP contribution in [0.15, 0.2) is 24.0 Å². The second-order valence-corrected chi connectivity index (χ2v) is 3.45. The molecular formula is C10H10N2O3. The Hall–Kier alpha value is -2.04. The van der Waals surface area contributed by atoms with Gasteiger partial charge in [-0.15, -0.1) is 0 Å². The first-order chi connectivity index (χ1) is 7.08. The van der Waals surface area contributed by atoms with Crippen molar-refractivity contribution in [2.24, 2.45) is 7.05 Å². The fraction of sp³-hybridized carbons (Fsp3) is 0.200. The zero-order valence-corrected chi connectivity index (χ0v) is 8.15. The van der Waals surface area contributed by atoms with Crippen LogP contribution in [0.3, 0.4) is 0 Å². The van der Waals surface area contributed by atoms with Crippen molar-refractivity contribution in [2.45, 2.75) is 6.42 Å². The second-order valence-electron chi connectivity index (χ2n) is 3.45. The summed E-state index contributed by atoms with van der Waals surface area (Å²) in [5, 5.41) is 11.5. The maximum Gasteiger partial charge on any atom is 0.334 e. The van der Waals surface area contributed by atoms with Crippen LogP contribution in [0.2, 0.25) is 0 Å². The Morgan fingerprint density at radius 1 is 1.60 bits per heavy atom. The summed E-state index contributed by atoms with van der Waals surface area (Å²) in [5.41, 5.74) is 1.26. The molecule has 2 heterocycles. The van der Waals surface area contributed by atoms with Gasteiger partial charge >= 0.3 is 5.97 Å². The average Bonchev–Trinajstić information content (AvgIpc) is 2.71. The predicted octanol–water partition coefficient (Wildman–Crippen LogP) is 0.341. The third kappa shape index (κ3) is 1.63. The molecule has 5 heteroatoms. The lowest BCUT2D eigenvalue weighted by Crippen LogP contribution is -2.13. The molecule has 78 valence electrons. The van der Waals surface area contributed by atoms with E-state index in [-0.39, 0.29) is 17.9 Å². The van der Waals surface area contributed by atoms with Crippen LogP contribution in [-0.4, -0.2) is 21.6 Å². The van der Waals surface area contributed by atoms with Gasteiger partial charge in [0.15, 0.2) is 0 Å². The fourth-order valence-corrected chi connectivity index (χ4v) is 1.59. The zero-order valence-electron chi connectivity index (χ0n) is 8.15. The van der Waals surface area contributed by atoms with E-state index in [1.54, 1.807) is 23.0 Å². The molecule has 0 saturated carbocycles. The van der Waals surface area contributed by atoms with Crippen molar-refractivity contribution in [2.75, 3.05) is 0 Å². The van der Waals surface area contributed by atoms with Crippen LogP contribution < -0.4 is 5.32 Å². The lowest BCUT2D eigenvalue weighted by Gasteiger charge is -2.00. The normalized spacial score (nSPS) is 15.7. The molecule has 0 aromatic carbocycles. The zero-order chi connectivity index (χ0) is 11.0. The first kappa shape index (κ1) is 9.51. The number of carbonyl (C=O) groups is 2. The first-order valence-corrected chi connectivity index (χ1v) is 4.46. The van der Waals surface area contributed by atoms with Crippen molar-refractivity contribution in [1.29, 1.82) is 0 Å². The van der Waals surface area contributed by atoms with Crippen molar-refractivity contribution in [3.8, 4) is 0 Å². The highest BCUT2D eigenvalue weighted by molar-refractivity contribution is 6.08. The van der Waals surface area contributed by atoms with Gasteiger partial charge in [0.2, 0.25) is 5.91 Å². The molecule has 15 heavy (non-hydrogen) atoms. The van der Waals surface area contributed by atoms with Crippen LogP contribution in [0.5, 0.6) is 0 Å². The van der Waals surface area contributed by atoms with Gasteiger partial charge < -0.3 is 15.0 Å². The standard InChI is InChI=1S/C10H10N2O3/c1-12-3-2-6(5-12)9-7(10(14)15)4-8(13)11-9/h2-3,5H,4H2,1H3,(H,11,13)(H,14,15). The van der Waals surface area contributed by atoms with Gasteiger partial charge in [0.25, 0.3) is 0 Å². The molecule has 1 amide bonds. The number of hydrogen-bond acceptors (Lipinski definition) is 2. The Morgan fingerprint density at radius 2 is 2.33 bits per heavy atom. The van der Waals surface area contributed by atoms with Gasteiger partial charge in [0.1, 0.15) is 0 Å². The quantitative estimate of drug-likeness (QED) is 0.733. The summed E-state index contributed by atoms with van der Waals surface area (Å²) < 4.78 is 1.80. The second kappa shape index (κ2) is 3.27. The number of aromatic nitrogens is 1. The smallest absolute Gasteiger partial charge is 0.334 e. The summed E-state index contributed by atoms with van der Waals surface area (Å²) in [6.07, 6.45) is 3.51. The molecule has 0 fully saturated rings. The van der Waals surface area contributed by atoms with E-state index >= 15 is 0 Å². The van der Waals surface area contributed by atoms with Gasteiger partial charge in [-0.3, -0.25) is 4.79 Å². The van der Waals surface area contributed by atoms with Crippen LogP contribution in [0.1, 0.15) is 12.0 Å². The molecule has 0 aliphatic carbocycles. The lowest BCUT2D eigenvalue weighted by molar-refractivity contribution is -0.133. The van der Waals surface area contributed by atoms with E-state index in [2.05, 4.69) is 5.32 Å². The summed E-state index contributed by atoms with van der Waals surface area (Å²) in [6, 6.07) is 1.77. The van der Waals surface area contributed by atoms with Crippen molar-refractivity contribution < 1.29 is 14.7 Å². The van der Waals surface area contributed by atoms with Crippen LogP contribution in [-0.2, 0) is 16.6 Å². The van der Waals surface area contributed by atoms with E-state index in [9.17, 15) is 9.59 Å². The summed E-state index contributed by atoms with van der Waals surface area (Å²) in [4.78, 5) is 22.0. The highest BCUT2D eigenvalue weighted by atomic mass is 16.4. The van der Waals surface area contributed by atoms with Crippen LogP contribution in [0.4, 0.5) is 0 Å². The molecule has 1 aliphatic heterocycles. The van der Waals surface area contributed by atoms with Crippen LogP contribution in [0.25, 0.3) is 5.70 Å². The first-order valence-electron chi connectivity index (χ1n) is 4.46. The highest BCUT2D eigenvalue weighted by Gasteiger charge is 2.27. The summed E-state index contributed by atoms with van der Waals surface area (Å²) in [7, 11) is 1.83. The molecule has 0 saturated heterocycles. The summed E-state index contributed by atoms with van der Waals surface area (Å²) in [5.74, 6) is -1.32. The van der Waals surface area contributed by atoms with Gasteiger partial charge in [0.05, 0.1) is 17.7 Å². The van der Waals surface area contributed by atoms with Gasteiger partial charge in [-0.2, -0.15) is 0 Å². The lowest BCUT2D eigenvalue weighted by atomic mass is 10.1. The number of carboxylic acids is 1. The predicted molar refractivity (Wildman–Crippen MR) is 52.7 cm³/mol. The molecule has 0 bridgehead atoms. The maximum atomic E-state index is 11.1. The summed E-state index contributed by atoms with van der Waals surface area (Å²) in [6.45, 7) is 0. The topological polar surface area (TPSA) is 71.3 Å². The molecule has 5 nitrogen and oxygen atoms in total. The number of amides is 1. The monoisotopic (exact) mass is 206 g/mol. The molecule has 0 spiro atoms. The third-order valence-corrected chi connectivity index (χ3v) is 2.28. The van der Waals surface area contributed by atoms with Gasteiger partial charge in [-0.25, -0.2) is 4.79 Å². The SMILES string of the molecule is Cn1ccc(C2=C(C(=O)O)CC(=O)N2)c1. The minimum absolute atomic E-state index is 0.0560. The number of carboxylic acid groups (broad SMARTS) is 1. The van der Waals surface area contributed by atoms with E-state index in [4.69, 9.17) is 5.11 Å². The number of aryl methyl sites for hydroxylation is 1. The Labute approximate surface area is 86.0 Å². The van der Waals surface area contributed by atoms with Gasteiger partial charge in [-0.1, -0.05) is 0 Å². The Bertz CT molecular complexity index is 471. The Balaban J connectivity index is 2.45. The number of nitrogens with zero attached hydrogens (tertiary/aromatic N) is 1. The molecule has 1 aromatic rings. The average molecular weight is 206 g/mol. The number of nitrogens with one attached hydrogen (secondary N) is 1. The molecule has 1 aromatic heterocycles. The van der Waals surface area contributed by atoms with E-state index in [1.165, 1.54) is 0 Å². The summed E-state index contributed by atoms with van der Waals surface area (Å²) >= 11 is 0. The van der Waals surface area contributed by atoms with Gasteiger partial charge in [0, 0.05) is 25.0 Å². The molecule has 0 unspecified atom stereocenters. The third-order valence-electron chi connectivity index (χ3n) is 2.28. The minimum Gasteiger partial charge on any atom is -0.478 e. The Morgan fingerprint density at radius 3 is 2.87 bits per heavy atom. The molecular weight excluding hydrogens is 196 g/mol. The van der Waals surface area contributed by atoms with E-state index < -0.39 is 5.97 Å². The molecule has 2 N–H and O–H groups in total. The number of carbonyl (C=O) groups excluding carboxylic acids is 1. The molecule has 0 radical (unpaired) electrons. The van der Waals surface area contributed by atoms with Crippen molar-refractivity contribution in [3.05, 3.63) is 29.6 Å². The molecule has 1 aliphatic rings. The van der Waals surface area contributed by atoms with E-state index in [0.717, 1.165) is 5.56 Å². The maximum absolute atomic E-state index is 11.1. The van der Waals surface area contributed by atoms with E-state index in [1.807, 2.05) is 7.05 Å². The van der Waals surface area contributed by atoms with E-state index in [0.29, 0.717) is 5.70 Å². The fourth-order valence-electron chi connectivity index (χ4n) is 1.59. The minimum atomic E-state index is -1.05. The van der Waals surface area contributed by atoms with Crippen molar-refractivity contribution in [1.82, 2.24) is 9.88 Å². The molecule has 2 rings (SSSR count). The van der Waals surface area contributed by atoms with Crippen LogP contribution in [0, 0.1) is 0 Å². The highest BCUT2D eigenvalue weighted by Crippen LogP contribution is 2.24.